The summed E-state index contributed by atoms with van der Waals surface area (Å²) in [7, 11) is -1.93. The predicted molar refractivity (Wildman–Crippen MR) is 79.6 cm³/mol. The Morgan fingerprint density at radius 2 is 2.09 bits per heavy atom. The Balaban J connectivity index is 1.60. The van der Waals surface area contributed by atoms with E-state index >= 15 is 0 Å². The van der Waals surface area contributed by atoms with E-state index in [4.69, 9.17) is 4.52 Å². The molecule has 23 heavy (non-hydrogen) atoms. The summed E-state index contributed by atoms with van der Waals surface area (Å²) in [4.78, 5) is 11.9. The summed E-state index contributed by atoms with van der Waals surface area (Å²) < 4.78 is 33.2. The highest BCUT2D eigenvalue weighted by Crippen LogP contribution is 2.15. The topological polar surface area (TPSA) is 116 Å². The van der Waals surface area contributed by atoms with Gasteiger partial charge in [-0.2, -0.15) is 4.98 Å². The lowest BCUT2D eigenvalue weighted by molar-refractivity contribution is 0.422. The zero-order valence-corrected chi connectivity index (χ0v) is 13.1. The smallest absolute Gasteiger partial charge is 0.259 e. The molecular weight excluding hydrogens is 320 g/mol. The van der Waals surface area contributed by atoms with Crippen LogP contribution in [0.25, 0.3) is 11.5 Å². The third-order valence-electron chi connectivity index (χ3n) is 2.99. The Hall–Kier alpha value is -2.59. The van der Waals surface area contributed by atoms with Crippen molar-refractivity contribution in [1.29, 1.82) is 0 Å². The minimum absolute atomic E-state index is 0.0226. The molecule has 0 spiro atoms. The molecule has 0 atom stereocenters. The van der Waals surface area contributed by atoms with Crippen molar-refractivity contribution < 1.29 is 12.9 Å². The molecule has 0 saturated carbocycles. The van der Waals surface area contributed by atoms with Gasteiger partial charge in [-0.3, -0.25) is 4.98 Å². The monoisotopic (exact) mass is 334 g/mol. The van der Waals surface area contributed by atoms with Crippen LogP contribution in [0.15, 0.2) is 46.6 Å². The van der Waals surface area contributed by atoms with Gasteiger partial charge in [0.15, 0.2) is 10.9 Å². The Bertz CT molecular complexity index is 887. The molecule has 0 amide bonds. The average molecular weight is 334 g/mol. The summed E-state index contributed by atoms with van der Waals surface area (Å²) >= 11 is 0. The summed E-state index contributed by atoms with van der Waals surface area (Å²) in [6.07, 6.45) is 6.41. The summed E-state index contributed by atoms with van der Waals surface area (Å²) in [6.45, 7) is 0.147. The maximum atomic E-state index is 12.0. The number of aryl methyl sites for hydroxylation is 1. The zero-order chi connectivity index (χ0) is 16.3. The van der Waals surface area contributed by atoms with E-state index in [1.165, 1.54) is 12.5 Å². The van der Waals surface area contributed by atoms with Crippen LogP contribution in [0.4, 0.5) is 0 Å². The summed E-state index contributed by atoms with van der Waals surface area (Å²) in [6, 6.07) is 3.50. The SMILES string of the molecule is Cn1cnc(S(=O)(=O)NCCc2noc(-c3ccncc3)n2)c1. The van der Waals surface area contributed by atoms with Crippen molar-refractivity contribution >= 4 is 10.0 Å². The number of aromatic nitrogens is 5. The number of pyridine rings is 1. The van der Waals surface area contributed by atoms with Crippen molar-refractivity contribution in [3.8, 4) is 11.5 Å². The van der Waals surface area contributed by atoms with Crippen molar-refractivity contribution in [2.75, 3.05) is 6.54 Å². The number of nitrogens with one attached hydrogen (secondary N) is 1. The molecule has 3 heterocycles. The third-order valence-corrected chi connectivity index (χ3v) is 4.34. The molecule has 3 aromatic rings. The number of imidazole rings is 1. The van der Waals surface area contributed by atoms with Crippen molar-refractivity contribution in [1.82, 2.24) is 29.4 Å². The quantitative estimate of drug-likeness (QED) is 0.693. The van der Waals surface area contributed by atoms with Gasteiger partial charge in [0.05, 0.1) is 6.33 Å². The first kappa shape index (κ1) is 15.3. The molecule has 0 bridgehead atoms. The first-order chi connectivity index (χ1) is 11.0. The average Bonchev–Trinajstić information content (AvgIpc) is 3.17. The zero-order valence-electron chi connectivity index (χ0n) is 12.2. The van der Waals surface area contributed by atoms with Crippen LogP contribution < -0.4 is 4.72 Å². The maximum Gasteiger partial charge on any atom is 0.259 e. The number of rotatable bonds is 6. The molecule has 3 aromatic heterocycles. The van der Waals surface area contributed by atoms with Crippen LogP contribution in [-0.2, 0) is 23.5 Å². The fourth-order valence-electron chi connectivity index (χ4n) is 1.87. The molecule has 9 nitrogen and oxygen atoms in total. The van der Waals surface area contributed by atoms with Gasteiger partial charge in [0, 0.05) is 44.2 Å². The first-order valence-electron chi connectivity index (χ1n) is 6.75. The molecule has 0 aliphatic heterocycles. The number of sulfonamides is 1. The minimum atomic E-state index is -3.63. The molecule has 0 fully saturated rings. The second kappa shape index (κ2) is 6.26. The van der Waals surface area contributed by atoms with Gasteiger partial charge >= 0.3 is 0 Å². The molecule has 0 aromatic carbocycles. The van der Waals surface area contributed by atoms with E-state index < -0.39 is 10.0 Å². The van der Waals surface area contributed by atoms with Gasteiger partial charge < -0.3 is 9.09 Å². The Morgan fingerprint density at radius 1 is 1.30 bits per heavy atom. The Kier molecular flexibility index (Phi) is 4.17. The summed E-state index contributed by atoms with van der Waals surface area (Å²) in [5.41, 5.74) is 0.757. The van der Waals surface area contributed by atoms with E-state index in [-0.39, 0.29) is 11.6 Å². The lowest BCUT2D eigenvalue weighted by Gasteiger charge is -2.01. The van der Waals surface area contributed by atoms with Gasteiger partial charge in [0.1, 0.15) is 0 Å². The molecule has 0 unspecified atom stereocenters. The highest BCUT2D eigenvalue weighted by Gasteiger charge is 2.17. The van der Waals surface area contributed by atoms with Crippen LogP contribution in [0.1, 0.15) is 5.82 Å². The molecule has 0 aliphatic rings. The lowest BCUT2D eigenvalue weighted by atomic mass is 10.3. The van der Waals surface area contributed by atoms with E-state index in [9.17, 15) is 8.42 Å². The minimum Gasteiger partial charge on any atom is -0.339 e. The van der Waals surface area contributed by atoms with E-state index in [1.54, 1.807) is 36.1 Å². The largest absolute Gasteiger partial charge is 0.339 e. The number of hydrogen-bond donors (Lipinski definition) is 1. The number of hydrogen-bond acceptors (Lipinski definition) is 7. The first-order valence-corrected chi connectivity index (χ1v) is 8.23. The molecule has 3 rings (SSSR count). The van der Waals surface area contributed by atoms with E-state index in [0.717, 1.165) is 5.56 Å². The summed E-state index contributed by atoms with van der Waals surface area (Å²) in [5, 5.41) is 3.81. The van der Waals surface area contributed by atoms with Gasteiger partial charge in [0.25, 0.3) is 15.9 Å². The van der Waals surface area contributed by atoms with Crippen molar-refractivity contribution in [2.45, 2.75) is 11.4 Å². The molecular formula is C13H14N6O3S. The van der Waals surface area contributed by atoms with Crippen LogP contribution in [0, 0.1) is 0 Å². The standard InChI is InChI=1S/C13H14N6O3S/c1-19-8-12(15-9-19)23(20,21)16-7-4-11-17-13(22-18-11)10-2-5-14-6-3-10/h2-3,5-6,8-9,16H,4,7H2,1H3. The van der Waals surface area contributed by atoms with Crippen molar-refractivity contribution in [3.05, 3.63) is 42.9 Å². The van der Waals surface area contributed by atoms with Crippen molar-refractivity contribution in [3.63, 3.8) is 0 Å². The van der Waals surface area contributed by atoms with E-state index in [2.05, 4.69) is 24.8 Å². The van der Waals surface area contributed by atoms with E-state index in [0.29, 0.717) is 18.1 Å². The van der Waals surface area contributed by atoms with Crippen molar-refractivity contribution in [2.24, 2.45) is 7.05 Å². The van der Waals surface area contributed by atoms with Crippen LogP contribution in [0.3, 0.4) is 0 Å². The molecule has 10 heteroatoms. The normalized spacial score (nSPS) is 11.7. The van der Waals surface area contributed by atoms with Gasteiger partial charge in [0.2, 0.25) is 0 Å². The predicted octanol–water partition coefficient (Wildman–Crippen LogP) is 0.386. The highest BCUT2D eigenvalue weighted by atomic mass is 32.2. The highest BCUT2D eigenvalue weighted by molar-refractivity contribution is 7.89. The number of nitrogens with zero attached hydrogens (tertiary/aromatic N) is 5. The van der Waals surface area contributed by atoms with Gasteiger partial charge in [-0.25, -0.2) is 18.1 Å². The molecule has 0 saturated heterocycles. The molecule has 120 valence electrons. The lowest BCUT2D eigenvalue weighted by Crippen LogP contribution is -2.26. The fourth-order valence-corrected chi connectivity index (χ4v) is 2.88. The molecule has 0 radical (unpaired) electrons. The Labute approximate surface area is 132 Å². The van der Waals surface area contributed by atoms with Crippen LogP contribution in [-0.4, -0.2) is 39.6 Å². The van der Waals surface area contributed by atoms with Crippen LogP contribution in [0.2, 0.25) is 0 Å². The second-order valence-electron chi connectivity index (χ2n) is 4.78. The molecule has 0 aliphatic carbocycles. The summed E-state index contributed by atoms with van der Waals surface area (Å²) in [5.74, 6) is 0.788. The third kappa shape index (κ3) is 3.60. The van der Waals surface area contributed by atoms with Gasteiger partial charge in [-0.05, 0) is 12.1 Å². The fraction of sp³-hybridized carbons (Fsp3) is 0.231. The second-order valence-corrected chi connectivity index (χ2v) is 6.49. The van der Waals surface area contributed by atoms with Crippen LogP contribution >= 0.6 is 0 Å². The molecule has 1 N–H and O–H groups in total. The van der Waals surface area contributed by atoms with Gasteiger partial charge in [-0.1, -0.05) is 5.16 Å². The van der Waals surface area contributed by atoms with Gasteiger partial charge in [-0.15, -0.1) is 0 Å². The Morgan fingerprint density at radius 3 is 2.78 bits per heavy atom. The van der Waals surface area contributed by atoms with Crippen LogP contribution in [0.5, 0.6) is 0 Å². The van der Waals surface area contributed by atoms with E-state index in [1.807, 2.05) is 0 Å². The maximum absolute atomic E-state index is 12.0.